The molecular formula is C26H25N5O4S. The number of carbonyl (C=O) groups excluding carboxylic acids is 1. The molecule has 36 heavy (non-hydrogen) atoms. The second kappa shape index (κ2) is 9.27. The summed E-state index contributed by atoms with van der Waals surface area (Å²) in [4.78, 5) is 44.2. The van der Waals surface area contributed by atoms with Gasteiger partial charge in [0.05, 0.1) is 15.7 Å². The summed E-state index contributed by atoms with van der Waals surface area (Å²) in [6, 6.07) is 15.1. The van der Waals surface area contributed by atoms with E-state index < -0.39 is 5.76 Å². The quantitative estimate of drug-likeness (QED) is 0.354. The van der Waals surface area contributed by atoms with Crippen LogP contribution in [0, 0.1) is 0 Å². The Morgan fingerprint density at radius 1 is 1.00 bits per heavy atom. The molecule has 1 amide bonds. The molecule has 10 heteroatoms. The number of amides is 1. The summed E-state index contributed by atoms with van der Waals surface area (Å²) < 4.78 is 11.6. The normalized spacial score (nSPS) is 14.7. The van der Waals surface area contributed by atoms with Crippen molar-refractivity contribution in [3.63, 3.8) is 0 Å². The minimum Gasteiger partial charge on any atom is -0.408 e. The van der Waals surface area contributed by atoms with Crippen molar-refractivity contribution >= 4 is 38.6 Å². The molecule has 0 aliphatic carbocycles. The number of para-hydroxylation sites is 3. The number of benzene rings is 2. The van der Waals surface area contributed by atoms with Crippen LogP contribution in [0.5, 0.6) is 0 Å². The number of aryl methyl sites for hydroxylation is 1. The number of likely N-dealkylation sites (tertiary alicyclic amines) is 1. The van der Waals surface area contributed by atoms with E-state index in [0.29, 0.717) is 37.4 Å². The van der Waals surface area contributed by atoms with Gasteiger partial charge in [-0.3, -0.25) is 18.7 Å². The molecule has 0 unspecified atom stereocenters. The van der Waals surface area contributed by atoms with E-state index in [-0.39, 0.29) is 23.1 Å². The van der Waals surface area contributed by atoms with Gasteiger partial charge in [-0.15, -0.1) is 0 Å². The molecule has 1 fully saturated rings. The highest BCUT2D eigenvalue weighted by Gasteiger charge is 2.27. The first-order chi connectivity index (χ1) is 17.6. The summed E-state index contributed by atoms with van der Waals surface area (Å²) in [5, 5.41) is 0. The van der Waals surface area contributed by atoms with Crippen LogP contribution in [0.25, 0.3) is 21.3 Å². The van der Waals surface area contributed by atoms with Crippen LogP contribution in [0.15, 0.2) is 74.9 Å². The number of hydrogen-bond donors (Lipinski definition) is 0. The molecule has 3 aromatic heterocycles. The van der Waals surface area contributed by atoms with Crippen molar-refractivity contribution in [3.05, 3.63) is 87.0 Å². The fourth-order valence-electron chi connectivity index (χ4n) is 5.08. The zero-order valence-electron chi connectivity index (χ0n) is 19.6. The number of hydrogen-bond acceptors (Lipinski definition) is 6. The van der Waals surface area contributed by atoms with Crippen molar-refractivity contribution in [2.24, 2.45) is 0 Å². The number of thiazole rings is 1. The molecule has 1 saturated heterocycles. The zero-order valence-corrected chi connectivity index (χ0v) is 20.4. The number of oxazole rings is 1. The standard InChI is InChI=1S/C26H25N5O4S/c32-23(11-15-30-19-5-1-3-7-21(19)35-25(30)33)28-13-9-18(10-14-28)24-27-12-16-29(24)17-31-20-6-2-4-8-22(20)36-26(31)34/h1-8,12,16,18H,9-11,13-15,17H2. The van der Waals surface area contributed by atoms with Crippen LogP contribution >= 0.6 is 11.3 Å². The maximum Gasteiger partial charge on any atom is 0.419 e. The molecule has 0 atom stereocenters. The predicted octanol–water partition coefficient (Wildman–Crippen LogP) is 3.47. The Balaban J connectivity index is 1.10. The van der Waals surface area contributed by atoms with Crippen LogP contribution in [0.1, 0.15) is 31.0 Å². The lowest BCUT2D eigenvalue weighted by Crippen LogP contribution is -2.39. The van der Waals surface area contributed by atoms with Gasteiger partial charge in [-0.05, 0) is 37.1 Å². The summed E-state index contributed by atoms with van der Waals surface area (Å²) in [5.41, 5.74) is 2.17. The molecular weight excluding hydrogens is 478 g/mol. The van der Waals surface area contributed by atoms with Crippen molar-refractivity contribution in [3.8, 4) is 0 Å². The first-order valence-electron chi connectivity index (χ1n) is 12.0. The average molecular weight is 504 g/mol. The molecule has 2 aromatic carbocycles. The summed E-state index contributed by atoms with van der Waals surface area (Å²) in [7, 11) is 0. The molecule has 0 bridgehead atoms. The van der Waals surface area contributed by atoms with E-state index in [4.69, 9.17) is 4.42 Å². The lowest BCUT2D eigenvalue weighted by molar-refractivity contribution is -0.132. The van der Waals surface area contributed by atoms with Crippen LogP contribution in [0.3, 0.4) is 0 Å². The van der Waals surface area contributed by atoms with E-state index in [1.54, 1.807) is 16.8 Å². The van der Waals surface area contributed by atoms with Crippen molar-refractivity contribution in [2.45, 2.75) is 38.4 Å². The van der Waals surface area contributed by atoms with Crippen molar-refractivity contribution < 1.29 is 9.21 Å². The van der Waals surface area contributed by atoms with Crippen molar-refractivity contribution in [2.75, 3.05) is 13.1 Å². The largest absolute Gasteiger partial charge is 0.419 e. The number of rotatable bonds is 6. The molecule has 0 spiro atoms. The van der Waals surface area contributed by atoms with Crippen LogP contribution in [-0.4, -0.2) is 42.6 Å². The highest BCUT2D eigenvalue weighted by Crippen LogP contribution is 2.28. The molecule has 5 aromatic rings. The molecule has 4 heterocycles. The Kier molecular flexibility index (Phi) is 5.80. The molecule has 1 aliphatic heterocycles. The third kappa shape index (κ3) is 4.07. The number of carbonyl (C=O) groups is 1. The van der Waals surface area contributed by atoms with E-state index in [1.807, 2.05) is 58.1 Å². The zero-order chi connectivity index (χ0) is 24.6. The Morgan fingerprint density at radius 2 is 1.75 bits per heavy atom. The van der Waals surface area contributed by atoms with Gasteiger partial charge >= 0.3 is 10.6 Å². The van der Waals surface area contributed by atoms with Crippen molar-refractivity contribution in [1.29, 1.82) is 0 Å². The molecule has 1 aliphatic rings. The summed E-state index contributed by atoms with van der Waals surface area (Å²) in [6.07, 6.45) is 5.54. The Bertz CT molecular complexity index is 1660. The van der Waals surface area contributed by atoms with Crippen molar-refractivity contribution in [1.82, 2.24) is 23.6 Å². The summed E-state index contributed by atoms with van der Waals surface area (Å²) >= 11 is 1.25. The molecule has 6 rings (SSSR count). The lowest BCUT2D eigenvalue weighted by atomic mass is 9.95. The highest BCUT2D eigenvalue weighted by atomic mass is 32.1. The number of fused-ring (bicyclic) bond motifs is 2. The monoisotopic (exact) mass is 503 g/mol. The SMILES string of the molecule is O=C(CCn1c(=O)oc2ccccc21)N1CCC(c2nccn2Cn2c(=O)sc3ccccc32)CC1. The van der Waals surface area contributed by atoms with Gasteiger partial charge < -0.3 is 13.9 Å². The fraction of sp³-hybridized carbons (Fsp3) is 0.308. The van der Waals surface area contributed by atoms with E-state index in [9.17, 15) is 14.4 Å². The van der Waals surface area contributed by atoms with E-state index in [0.717, 1.165) is 28.9 Å². The molecule has 0 saturated carbocycles. The van der Waals surface area contributed by atoms with Crippen LogP contribution in [-0.2, 0) is 18.0 Å². The number of aromatic nitrogens is 4. The number of imidazole rings is 1. The van der Waals surface area contributed by atoms with Gasteiger partial charge in [0.1, 0.15) is 12.5 Å². The predicted molar refractivity (Wildman–Crippen MR) is 137 cm³/mol. The van der Waals surface area contributed by atoms with E-state index in [2.05, 4.69) is 4.98 Å². The van der Waals surface area contributed by atoms with Gasteiger partial charge in [-0.1, -0.05) is 35.6 Å². The average Bonchev–Trinajstić information content (AvgIpc) is 3.58. The summed E-state index contributed by atoms with van der Waals surface area (Å²) in [6.45, 7) is 1.99. The minimum absolute atomic E-state index is 0.0146. The third-order valence-corrected chi connectivity index (χ3v) is 7.91. The molecule has 184 valence electrons. The van der Waals surface area contributed by atoms with Crippen LogP contribution in [0.4, 0.5) is 0 Å². The Morgan fingerprint density at radius 3 is 2.58 bits per heavy atom. The van der Waals surface area contributed by atoms with Gasteiger partial charge in [-0.25, -0.2) is 9.78 Å². The van der Waals surface area contributed by atoms with Crippen LogP contribution in [0.2, 0.25) is 0 Å². The first-order valence-corrected chi connectivity index (χ1v) is 12.9. The first kappa shape index (κ1) is 22.5. The molecule has 0 N–H and O–H groups in total. The Labute approximate surface area is 209 Å². The van der Waals surface area contributed by atoms with Gasteiger partial charge in [0.15, 0.2) is 5.58 Å². The van der Waals surface area contributed by atoms with Gasteiger partial charge in [0.2, 0.25) is 5.91 Å². The second-order valence-electron chi connectivity index (χ2n) is 9.05. The molecule has 0 radical (unpaired) electrons. The van der Waals surface area contributed by atoms with Gasteiger partial charge in [0.25, 0.3) is 0 Å². The fourth-order valence-corrected chi connectivity index (χ4v) is 5.96. The number of nitrogens with zero attached hydrogens (tertiary/aromatic N) is 5. The maximum absolute atomic E-state index is 12.9. The third-order valence-electron chi connectivity index (χ3n) is 6.95. The van der Waals surface area contributed by atoms with Crippen LogP contribution < -0.4 is 10.6 Å². The number of piperidine rings is 1. The maximum atomic E-state index is 12.9. The molecule has 9 nitrogen and oxygen atoms in total. The van der Waals surface area contributed by atoms with Gasteiger partial charge in [-0.2, -0.15) is 0 Å². The van der Waals surface area contributed by atoms with E-state index >= 15 is 0 Å². The second-order valence-corrected chi connectivity index (χ2v) is 10.0. The van der Waals surface area contributed by atoms with Gasteiger partial charge in [0, 0.05) is 44.4 Å². The summed E-state index contributed by atoms with van der Waals surface area (Å²) in [5.74, 6) is 0.753. The smallest absolute Gasteiger partial charge is 0.408 e. The lowest BCUT2D eigenvalue weighted by Gasteiger charge is -2.32. The topological polar surface area (TPSA) is 95.3 Å². The minimum atomic E-state index is -0.438. The Hall–Kier alpha value is -3.92. The highest BCUT2D eigenvalue weighted by molar-refractivity contribution is 7.16. The van der Waals surface area contributed by atoms with E-state index in [1.165, 1.54) is 15.9 Å².